The molecule has 3 aromatic rings. The average Bonchev–Trinajstić information content (AvgIpc) is 2.77. The minimum absolute atomic E-state index is 0.0801. The second-order valence-electron chi connectivity index (χ2n) is 6.98. The summed E-state index contributed by atoms with van der Waals surface area (Å²) >= 11 is 0. The van der Waals surface area contributed by atoms with Crippen molar-refractivity contribution in [2.24, 2.45) is 0 Å². The van der Waals surface area contributed by atoms with Crippen molar-refractivity contribution < 1.29 is 26.8 Å². The fraction of sp³-hybridized carbons (Fsp3) is 0.200. The summed E-state index contributed by atoms with van der Waals surface area (Å²) in [5.41, 5.74) is 3.79. The molecule has 12 heteroatoms. The summed E-state index contributed by atoms with van der Waals surface area (Å²) in [5, 5.41) is 4.68. The molecule has 2 amide bonds. The summed E-state index contributed by atoms with van der Waals surface area (Å²) in [6, 6.07) is 9.86. The predicted molar refractivity (Wildman–Crippen MR) is 111 cm³/mol. The maximum atomic E-state index is 12.7. The van der Waals surface area contributed by atoms with E-state index in [1.165, 1.54) is 0 Å². The fourth-order valence-corrected chi connectivity index (χ4v) is 3.59. The van der Waals surface area contributed by atoms with E-state index in [1.54, 1.807) is 38.1 Å². The molecule has 1 heterocycles. The number of hydrogen-bond donors (Lipinski definition) is 2. The van der Waals surface area contributed by atoms with Crippen molar-refractivity contribution in [2.45, 2.75) is 30.5 Å². The normalized spacial score (nSPS) is 11.7. The van der Waals surface area contributed by atoms with Crippen molar-refractivity contribution in [3.63, 3.8) is 0 Å². The number of sulfone groups is 1. The Hall–Kier alpha value is -3.67. The Balaban J connectivity index is 1.82. The SMILES string of the molecule is CC(C)n1nc(C(=O)NNC(=O)c2ccc(S(=O)(=O)C(F)F)cc2)c2ccccc2c1=O. The number of benzene rings is 2. The monoisotopic (exact) mass is 464 g/mol. The number of carbonyl (C=O) groups is 2. The van der Waals surface area contributed by atoms with Gasteiger partial charge in [0.25, 0.3) is 17.4 Å². The highest BCUT2D eigenvalue weighted by molar-refractivity contribution is 7.91. The maximum absolute atomic E-state index is 12.7. The number of aromatic nitrogens is 2. The largest absolute Gasteiger partial charge is 0.341 e. The number of nitrogens with zero attached hydrogens (tertiary/aromatic N) is 2. The maximum Gasteiger partial charge on any atom is 0.341 e. The number of rotatable bonds is 5. The van der Waals surface area contributed by atoms with Gasteiger partial charge in [-0.05, 0) is 44.2 Å². The summed E-state index contributed by atoms with van der Waals surface area (Å²) < 4.78 is 49.3. The molecule has 2 aromatic carbocycles. The Morgan fingerprint density at radius 1 is 0.938 bits per heavy atom. The number of alkyl halides is 2. The Morgan fingerprint density at radius 2 is 1.50 bits per heavy atom. The molecular weight excluding hydrogens is 446 g/mol. The molecule has 0 aliphatic heterocycles. The molecule has 0 unspecified atom stereocenters. The van der Waals surface area contributed by atoms with Crippen molar-refractivity contribution in [1.82, 2.24) is 20.6 Å². The predicted octanol–water partition coefficient (Wildman–Crippen LogP) is 2.05. The number of hydrogen-bond acceptors (Lipinski definition) is 6. The summed E-state index contributed by atoms with van der Waals surface area (Å²) in [6.45, 7) is 3.45. The van der Waals surface area contributed by atoms with Crippen LogP contribution in [-0.4, -0.2) is 35.8 Å². The highest BCUT2D eigenvalue weighted by atomic mass is 32.2. The van der Waals surface area contributed by atoms with Crippen LogP contribution in [0.15, 0.2) is 58.2 Å². The van der Waals surface area contributed by atoms with Crippen LogP contribution < -0.4 is 16.4 Å². The minimum Gasteiger partial charge on any atom is -0.267 e. The molecule has 2 N–H and O–H groups in total. The van der Waals surface area contributed by atoms with Gasteiger partial charge in [0, 0.05) is 10.9 Å². The zero-order chi connectivity index (χ0) is 23.6. The van der Waals surface area contributed by atoms with Crippen molar-refractivity contribution in [3.8, 4) is 0 Å². The van der Waals surface area contributed by atoms with Gasteiger partial charge in [-0.25, -0.2) is 13.1 Å². The van der Waals surface area contributed by atoms with E-state index in [0.717, 1.165) is 28.9 Å². The van der Waals surface area contributed by atoms with Crippen LogP contribution in [0, 0.1) is 0 Å². The molecule has 0 spiro atoms. The second-order valence-corrected chi connectivity index (χ2v) is 8.89. The Kier molecular flexibility index (Phi) is 6.35. The van der Waals surface area contributed by atoms with Gasteiger partial charge < -0.3 is 0 Å². The van der Waals surface area contributed by atoms with Crippen LogP contribution in [0.3, 0.4) is 0 Å². The first-order chi connectivity index (χ1) is 15.0. The first kappa shape index (κ1) is 23.0. The van der Waals surface area contributed by atoms with E-state index in [9.17, 15) is 31.6 Å². The molecule has 0 radical (unpaired) electrons. The Morgan fingerprint density at radius 3 is 2.06 bits per heavy atom. The first-order valence-corrected chi connectivity index (χ1v) is 10.8. The Labute approximate surface area is 180 Å². The number of fused-ring (bicyclic) bond motifs is 1. The highest BCUT2D eigenvalue weighted by Crippen LogP contribution is 2.19. The van der Waals surface area contributed by atoms with E-state index in [1.807, 2.05) is 0 Å². The van der Waals surface area contributed by atoms with Crippen molar-refractivity contribution in [1.29, 1.82) is 0 Å². The minimum atomic E-state index is -4.79. The lowest BCUT2D eigenvalue weighted by atomic mass is 10.1. The number of hydrazine groups is 1. The molecule has 0 bridgehead atoms. The number of nitrogens with one attached hydrogen (secondary N) is 2. The molecule has 0 atom stereocenters. The lowest BCUT2D eigenvalue weighted by molar-refractivity contribution is 0.0843. The van der Waals surface area contributed by atoms with Gasteiger partial charge in [-0.15, -0.1) is 0 Å². The van der Waals surface area contributed by atoms with Crippen LogP contribution in [0.25, 0.3) is 10.8 Å². The topological polar surface area (TPSA) is 127 Å². The van der Waals surface area contributed by atoms with E-state index in [4.69, 9.17) is 0 Å². The van der Waals surface area contributed by atoms with Crippen molar-refractivity contribution in [3.05, 3.63) is 70.1 Å². The zero-order valence-corrected chi connectivity index (χ0v) is 17.7. The standard InChI is InChI=1S/C20H18F2N4O5S/c1-11(2)26-19(29)15-6-4-3-5-14(15)16(25-26)18(28)24-23-17(27)12-7-9-13(10-8-12)32(30,31)20(21)22/h3-11,20H,1-2H3,(H,23,27)(H,24,28). The fourth-order valence-electron chi connectivity index (χ4n) is 2.87. The second kappa shape index (κ2) is 8.83. The van der Waals surface area contributed by atoms with Crippen LogP contribution in [0.5, 0.6) is 0 Å². The van der Waals surface area contributed by atoms with Crippen LogP contribution in [0.4, 0.5) is 8.78 Å². The molecule has 0 saturated carbocycles. The summed E-state index contributed by atoms with van der Waals surface area (Å²) in [5.74, 6) is -5.19. The summed E-state index contributed by atoms with van der Waals surface area (Å²) in [4.78, 5) is 36.8. The van der Waals surface area contributed by atoms with Crippen LogP contribution >= 0.6 is 0 Å². The molecule has 0 saturated heterocycles. The smallest absolute Gasteiger partial charge is 0.267 e. The molecule has 3 rings (SSSR count). The highest BCUT2D eigenvalue weighted by Gasteiger charge is 2.26. The Bertz CT molecular complexity index is 1350. The van der Waals surface area contributed by atoms with Crippen LogP contribution in [0.1, 0.15) is 40.7 Å². The molecule has 0 aliphatic rings. The van der Waals surface area contributed by atoms with E-state index in [0.29, 0.717) is 5.39 Å². The van der Waals surface area contributed by atoms with Gasteiger partial charge in [-0.1, -0.05) is 18.2 Å². The molecule has 32 heavy (non-hydrogen) atoms. The third kappa shape index (κ3) is 4.35. The lowest BCUT2D eigenvalue weighted by Gasteiger charge is -2.14. The average molecular weight is 464 g/mol. The molecular formula is C20H18F2N4O5S. The molecule has 1 aromatic heterocycles. The number of carbonyl (C=O) groups excluding carboxylic acids is 2. The lowest BCUT2D eigenvalue weighted by Crippen LogP contribution is -2.43. The van der Waals surface area contributed by atoms with Gasteiger partial charge in [-0.3, -0.25) is 25.2 Å². The van der Waals surface area contributed by atoms with Gasteiger partial charge in [0.05, 0.1) is 16.3 Å². The first-order valence-electron chi connectivity index (χ1n) is 9.28. The van der Waals surface area contributed by atoms with Gasteiger partial charge in [-0.2, -0.15) is 13.9 Å². The summed E-state index contributed by atoms with van der Waals surface area (Å²) in [6.07, 6.45) is 0. The van der Waals surface area contributed by atoms with Gasteiger partial charge >= 0.3 is 5.76 Å². The van der Waals surface area contributed by atoms with Crippen LogP contribution in [0.2, 0.25) is 0 Å². The third-order valence-electron chi connectivity index (χ3n) is 4.50. The van der Waals surface area contributed by atoms with Gasteiger partial charge in [0.2, 0.25) is 9.84 Å². The number of amides is 2. The van der Waals surface area contributed by atoms with E-state index < -0.39 is 32.3 Å². The van der Waals surface area contributed by atoms with Crippen molar-refractivity contribution in [2.75, 3.05) is 0 Å². The van der Waals surface area contributed by atoms with Gasteiger partial charge in [0.15, 0.2) is 5.69 Å². The molecule has 0 fully saturated rings. The molecule has 0 aliphatic carbocycles. The molecule has 168 valence electrons. The molecule has 9 nitrogen and oxygen atoms in total. The zero-order valence-electron chi connectivity index (χ0n) is 16.9. The van der Waals surface area contributed by atoms with Crippen molar-refractivity contribution >= 4 is 32.4 Å². The van der Waals surface area contributed by atoms with E-state index in [2.05, 4.69) is 16.0 Å². The summed E-state index contributed by atoms with van der Waals surface area (Å²) in [7, 11) is -4.79. The van der Waals surface area contributed by atoms with Crippen LogP contribution in [-0.2, 0) is 9.84 Å². The third-order valence-corrected chi connectivity index (χ3v) is 5.90. The van der Waals surface area contributed by atoms with Gasteiger partial charge in [0.1, 0.15) is 0 Å². The van der Waals surface area contributed by atoms with E-state index >= 15 is 0 Å². The quantitative estimate of drug-likeness (QED) is 0.557. The van der Waals surface area contributed by atoms with E-state index in [-0.39, 0.29) is 28.2 Å². The number of halogens is 2.